The largest absolute Gasteiger partial charge is 0.378 e. The van der Waals surface area contributed by atoms with E-state index in [0.29, 0.717) is 18.8 Å². The van der Waals surface area contributed by atoms with E-state index in [9.17, 15) is 13.2 Å². The molecule has 116 valence electrons. The van der Waals surface area contributed by atoms with E-state index in [0.717, 1.165) is 18.2 Å². The van der Waals surface area contributed by atoms with Crippen LogP contribution in [-0.4, -0.2) is 19.8 Å². The summed E-state index contributed by atoms with van der Waals surface area (Å²) in [6.45, 7) is 1.97. The summed E-state index contributed by atoms with van der Waals surface area (Å²) in [5, 5.41) is 3.32. The van der Waals surface area contributed by atoms with Crippen molar-refractivity contribution in [1.82, 2.24) is 5.32 Å². The van der Waals surface area contributed by atoms with Crippen LogP contribution in [0.15, 0.2) is 42.5 Å². The number of morpholine rings is 1. The molecule has 1 aliphatic heterocycles. The fraction of sp³-hybridized carbons (Fsp3) is 0.294. The molecule has 1 heterocycles. The summed E-state index contributed by atoms with van der Waals surface area (Å²) < 4.78 is 45.3. The average Bonchev–Trinajstić information content (AvgIpc) is 2.56. The first kappa shape index (κ1) is 15.1. The lowest BCUT2D eigenvalue weighted by molar-refractivity contribution is 0.0769. The summed E-state index contributed by atoms with van der Waals surface area (Å²) in [6.07, 6.45) is -2.82. The Kier molecular flexibility index (Phi) is 4.45. The van der Waals surface area contributed by atoms with Gasteiger partial charge < -0.3 is 10.1 Å². The number of rotatable bonds is 3. The molecule has 0 amide bonds. The molecule has 2 aromatic rings. The minimum Gasteiger partial charge on any atom is -0.378 e. The molecule has 0 saturated carbocycles. The fourth-order valence-corrected chi connectivity index (χ4v) is 2.64. The van der Waals surface area contributed by atoms with Gasteiger partial charge in [-0.05, 0) is 17.2 Å². The van der Waals surface area contributed by atoms with Crippen LogP contribution in [0.1, 0.15) is 23.6 Å². The highest BCUT2D eigenvalue weighted by Gasteiger charge is 2.19. The molecule has 1 N–H and O–H groups in total. The highest BCUT2D eigenvalue weighted by molar-refractivity contribution is 5.66. The van der Waals surface area contributed by atoms with Crippen LogP contribution in [0, 0.1) is 5.82 Å². The Balaban J connectivity index is 1.97. The second-order valence-corrected chi connectivity index (χ2v) is 5.22. The number of nitrogens with one attached hydrogen (secondary N) is 1. The van der Waals surface area contributed by atoms with Gasteiger partial charge in [0.2, 0.25) is 0 Å². The molecule has 2 nitrogen and oxygen atoms in total. The van der Waals surface area contributed by atoms with E-state index in [-0.39, 0.29) is 11.6 Å². The van der Waals surface area contributed by atoms with Crippen molar-refractivity contribution in [3.63, 3.8) is 0 Å². The molecular formula is C17H16F3NO. The van der Waals surface area contributed by atoms with Gasteiger partial charge in [-0.3, -0.25) is 0 Å². The monoisotopic (exact) mass is 307 g/mol. The van der Waals surface area contributed by atoms with Gasteiger partial charge in [0, 0.05) is 12.1 Å². The highest BCUT2D eigenvalue weighted by atomic mass is 19.3. The molecule has 3 rings (SSSR count). The molecule has 0 radical (unpaired) electrons. The summed E-state index contributed by atoms with van der Waals surface area (Å²) in [7, 11) is 0. The molecule has 1 fully saturated rings. The zero-order valence-corrected chi connectivity index (χ0v) is 11.9. The summed E-state index contributed by atoms with van der Waals surface area (Å²) >= 11 is 0. The molecule has 0 aromatic heterocycles. The van der Waals surface area contributed by atoms with Gasteiger partial charge in [0.05, 0.1) is 24.8 Å². The van der Waals surface area contributed by atoms with Gasteiger partial charge >= 0.3 is 0 Å². The van der Waals surface area contributed by atoms with Crippen LogP contribution < -0.4 is 5.32 Å². The third kappa shape index (κ3) is 3.00. The summed E-state index contributed by atoms with van der Waals surface area (Å²) in [5.74, 6) is -0.859. The predicted molar refractivity (Wildman–Crippen MR) is 78.4 cm³/mol. The Bertz CT molecular complexity index is 654. The predicted octanol–water partition coefficient (Wildman–Crippen LogP) is 4.09. The minimum atomic E-state index is -2.82. The van der Waals surface area contributed by atoms with E-state index in [1.54, 1.807) is 12.1 Å². The topological polar surface area (TPSA) is 21.3 Å². The van der Waals surface area contributed by atoms with Gasteiger partial charge in [-0.15, -0.1) is 0 Å². The fourth-order valence-electron chi connectivity index (χ4n) is 2.64. The second kappa shape index (κ2) is 6.50. The number of halogens is 3. The van der Waals surface area contributed by atoms with Crippen LogP contribution in [0.2, 0.25) is 0 Å². The molecule has 0 spiro atoms. The molecule has 0 bridgehead atoms. The Hall–Kier alpha value is -1.85. The van der Waals surface area contributed by atoms with Gasteiger partial charge in [0.25, 0.3) is 6.43 Å². The number of hydrogen-bond acceptors (Lipinski definition) is 2. The molecule has 5 heteroatoms. The maximum absolute atomic E-state index is 14.3. The standard InChI is InChI=1S/C17H16F3NO/c18-16-13(5-2-6-14(16)17(19)20)11-3-1-4-12(9-11)15-10-22-8-7-21-15/h1-6,9,15,17,21H,7-8,10H2. The molecule has 2 aromatic carbocycles. The number of hydrogen-bond donors (Lipinski definition) is 1. The van der Waals surface area contributed by atoms with E-state index >= 15 is 0 Å². The normalized spacial score (nSPS) is 18.6. The van der Waals surface area contributed by atoms with Gasteiger partial charge in [0.15, 0.2) is 0 Å². The third-order valence-corrected chi connectivity index (χ3v) is 3.79. The second-order valence-electron chi connectivity index (χ2n) is 5.22. The minimum absolute atomic E-state index is 0.0371. The third-order valence-electron chi connectivity index (χ3n) is 3.79. The van der Waals surface area contributed by atoms with Crippen LogP contribution in [-0.2, 0) is 4.74 Å². The maximum atomic E-state index is 14.3. The summed E-state index contributed by atoms with van der Waals surface area (Å²) in [6, 6.07) is 11.4. The van der Waals surface area contributed by atoms with Crippen molar-refractivity contribution in [3.8, 4) is 11.1 Å². The van der Waals surface area contributed by atoms with Crippen LogP contribution in [0.5, 0.6) is 0 Å². The van der Waals surface area contributed by atoms with Crippen molar-refractivity contribution in [2.45, 2.75) is 12.5 Å². The van der Waals surface area contributed by atoms with Crippen LogP contribution >= 0.6 is 0 Å². The Morgan fingerprint density at radius 3 is 2.68 bits per heavy atom. The van der Waals surface area contributed by atoms with Gasteiger partial charge in [-0.2, -0.15) is 0 Å². The first-order valence-electron chi connectivity index (χ1n) is 7.15. The summed E-state index contributed by atoms with van der Waals surface area (Å²) in [4.78, 5) is 0. The maximum Gasteiger partial charge on any atom is 0.266 e. The lowest BCUT2D eigenvalue weighted by atomic mass is 9.97. The van der Waals surface area contributed by atoms with Crippen LogP contribution in [0.25, 0.3) is 11.1 Å². The first-order valence-corrected chi connectivity index (χ1v) is 7.15. The number of alkyl halides is 2. The van der Waals surface area contributed by atoms with E-state index in [1.807, 2.05) is 12.1 Å². The SMILES string of the molecule is Fc1c(-c2cccc(C3COCCN3)c2)cccc1C(F)F. The Morgan fingerprint density at radius 2 is 1.95 bits per heavy atom. The summed E-state index contributed by atoms with van der Waals surface area (Å²) in [5.41, 5.74) is 1.17. The van der Waals surface area contributed by atoms with E-state index in [2.05, 4.69) is 5.32 Å². The van der Waals surface area contributed by atoms with Crippen LogP contribution in [0.3, 0.4) is 0 Å². The lowest BCUT2D eigenvalue weighted by Gasteiger charge is -2.24. The van der Waals surface area contributed by atoms with Gasteiger partial charge in [-0.1, -0.05) is 36.4 Å². The number of benzene rings is 2. The Labute approximate surface area is 126 Å². The molecular weight excluding hydrogens is 291 g/mol. The van der Waals surface area contributed by atoms with E-state index < -0.39 is 17.8 Å². The van der Waals surface area contributed by atoms with Crippen LogP contribution in [0.4, 0.5) is 13.2 Å². The van der Waals surface area contributed by atoms with E-state index in [1.165, 1.54) is 12.1 Å². The van der Waals surface area contributed by atoms with Crippen molar-refractivity contribution in [2.24, 2.45) is 0 Å². The smallest absolute Gasteiger partial charge is 0.266 e. The lowest BCUT2D eigenvalue weighted by Crippen LogP contribution is -2.34. The number of ether oxygens (including phenoxy) is 1. The van der Waals surface area contributed by atoms with E-state index in [4.69, 9.17) is 4.74 Å². The Morgan fingerprint density at radius 1 is 1.14 bits per heavy atom. The molecule has 1 atom stereocenters. The molecule has 22 heavy (non-hydrogen) atoms. The molecule has 1 aliphatic rings. The first-order chi connectivity index (χ1) is 10.7. The zero-order valence-electron chi connectivity index (χ0n) is 11.9. The zero-order chi connectivity index (χ0) is 15.5. The molecule has 0 aliphatic carbocycles. The van der Waals surface area contributed by atoms with Crippen molar-refractivity contribution in [3.05, 3.63) is 59.4 Å². The average molecular weight is 307 g/mol. The quantitative estimate of drug-likeness (QED) is 0.922. The van der Waals surface area contributed by atoms with Crippen molar-refractivity contribution in [2.75, 3.05) is 19.8 Å². The van der Waals surface area contributed by atoms with Crippen molar-refractivity contribution >= 4 is 0 Å². The molecule has 1 saturated heterocycles. The van der Waals surface area contributed by atoms with Gasteiger partial charge in [-0.25, -0.2) is 13.2 Å². The van der Waals surface area contributed by atoms with Crippen molar-refractivity contribution in [1.29, 1.82) is 0 Å². The van der Waals surface area contributed by atoms with Crippen molar-refractivity contribution < 1.29 is 17.9 Å². The molecule has 1 unspecified atom stereocenters. The highest BCUT2D eigenvalue weighted by Crippen LogP contribution is 2.31. The van der Waals surface area contributed by atoms with Gasteiger partial charge in [0.1, 0.15) is 5.82 Å².